The van der Waals surface area contributed by atoms with Crippen molar-refractivity contribution in [2.75, 3.05) is 7.11 Å². The normalized spacial score (nSPS) is 33.5. The van der Waals surface area contributed by atoms with E-state index in [1.165, 1.54) is 22.9 Å². The first-order valence-electron chi connectivity index (χ1n) is 6.83. The summed E-state index contributed by atoms with van der Waals surface area (Å²) in [6, 6.07) is 7.91. The van der Waals surface area contributed by atoms with E-state index in [1.807, 2.05) is 24.3 Å². The molecule has 0 N–H and O–H groups in total. The van der Waals surface area contributed by atoms with Crippen LogP contribution < -0.4 is 8.35 Å². The summed E-state index contributed by atoms with van der Waals surface area (Å²) < 4.78 is 13.9. The van der Waals surface area contributed by atoms with Crippen molar-refractivity contribution < 1.29 is 7.84 Å². The van der Waals surface area contributed by atoms with Crippen LogP contribution in [0.3, 0.4) is 0 Å². The average molecular weight is 429 g/mol. The third kappa shape index (κ3) is 2.28. The van der Waals surface area contributed by atoms with E-state index >= 15 is 0 Å². The minimum atomic E-state index is -3.16. The Bertz CT molecular complexity index is 523. The fourth-order valence-electron chi connectivity index (χ4n) is 3.05. The summed E-state index contributed by atoms with van der Waals surface area (Å²) in [5.41, 5.74) is 1.55. The number of hydrogen-bond acceptors (Lipinski definition) is 2. The molecule has 1 saturated heterocycles. The molecule has 0 radical (unpaired) electrons. The predicted octanol–water partition coefficient (Wildman–Crippen LogP) is 3.98. The van der Waals surface area contributed by atoms with Gasteiger partial charge in [-0.1, -0.05) is 0 Å². The number of ether oxygens (including phenoxy) is 1. The molecule has 2 aliphatic rings. The molecule has 2 fully saturated rings. The van der Waals surface area contributed by atoms with Crippen molar-refractivity contribution in [2.45, 2.75) is 37.7 Å². The third-order valence-corrected chi connectivity index (χ3v) is 14.6. The molecule has 2 nitrogen and oxygen atoms in total. The molecule has 1 spiro atoms. The molecular formula is C15H18Cl2O2Te. The third-order valence-electron chi connectivity index (χ3n) is 4.13. The first-order valence-corrected chi connectivity index (χ1v) is 13.5. The van der Waals surface area contributed by atoms with Crippen LogP contribution in [0.25, 0.3) is 0 Å². The van der Waals surface area contributed by atoms with Gasteiger partial charge in [-0.25, -0.2) is 0 Å². The first-order chi connectivity index (χ1) is 9.64. The van der Waals surface area contributed by atoms with Crippen molar-refractivity contribution in [1.29, 1.82) is 0 Å². The quantitative estimate of drug-likeness (QED) is 0.663. The molecule has 0 aromatic heterocycles. The second-order valence-electron chi connectivity index (χ2n) is 5.27. The molecule has 1 saturated carbocycles. The molecule has 1 heterocycles. The van der Waals surface area contributed by atoms with Crippen molar-refractivity contribution in [1.82, 2.24) is 0 Å². The first kappa shape index (κ1) is 15.0. The minimum absolute atomic E-state index is 0.150. The van der Waals surface area contributed by atoms with Gasteiger partial charge in [0.1, 0.15) is 0 Å². The number of halogens is 2. The molecule has 1 aliphatic heterocycles. The predicted molar refractivity (Wildman–Crippen MR) is 85.1 cm³/mol. The summed E-state index contributed by atoms with van der Waals surface area (Å²) in [6.07, 6.45) is 5.80. The zero-order chi connectivity index (χ0) is 14.2. The van der Waals surface area contributed by atoms with Crippen LogP contribution in [0.4, 0.5) is 0 Å². The molecule has 3 rings (SSSR count). The van der Waals surface area contributed by atoms with Gasteiger partial charge in [-0.15, -0.1) is 0 Å². The van der Waals surface area contributed by atoms with E-state index in [4.69, 9.17) is 28.4 Å². The molecule has 20 heavy (non-hydrogen) atoms. The average Bonchev–Trinajstić information content (AvgIpc) is 2.48. The van der Waals surface area contributed by atoms with Crippen LogP contribution in [-0.2, 0) is 3.10 Å². The van der Waals surface area contributed by atoms with Crippen molar-refractivity contribution in [3.05, 3.63) is 33.4 Å². The van der Waals surface area contributed by atoms with E-state index < -0.39 is 17.5 Å². The van der Waals surface area contributed by atoms with Gasteiger partial charge in [0, 0.05) is 0 Å². The zero-order valence-electron chi connectivity index (χ0n) is 11.4. The van der Waals surface area contributed by atoms with E-state index in [0.717, 1.165) is 22.2 Å². The Balaban J connectivity index is 1.89. The molecule has 1 aromatic carbocycles. The SMILES string of the molecule is COc1ccc([Te]2(Cl)OC3(CCCCC3)/C2=C/Cl)cc1. The maximum absolute atomic E-state index is 6.89. The van der Waals surface area contributed by atoms with E-state index in [2.05, 4.69) is 0 Å². The van der Waals surface area contributed by atoms with Gasteiger partial charge in [0.2, 0.25) is 0 Å². The van der Waals surface area contributed by atoms with Crippen molar-refractivity contribution in [3.8, 4) is 5.75 Å². The topological polar surface area (TPSA) is 18.5 Å². The molecule has 5 heteroatoms. The van der Waals surface area contributed by atoms with Crippen LogP contribution in [0.15, 0.2) is 33.4 Å². The van der Waals surface area contributed by atoms with Crippen LogP contribution in [0.1, 0.15) is 32.1 Å². The molecule has 1 atom stereocenters. The number of methoxy groups -OCH3 is 1. The molecule has 0 amide bonds. The van der Waals surface area contributed by atoms with Gasteiger partial charge >= 0.3 is 133 Å². The van der Waals surface area contributed by atoms with Gasteiger partial charge in [-0.05, 0) is 0 Å². The maximum atomic E-state index is 6.89. The zero-order valence-corrected chi connectivity index (χ0v) is 15.2. The van der Waals surface area contributed by atoms with Crippen LogP contribution in [0.2, 0.25) is 0 Å². The Morgan fingerprint density at radius 2 is 1.85 bits per heavy atom. The molecule has 1 aliphatic carbocycles. The number of rotatable bonds is 2. The van der Waals surface area contributed by atoms with Gasteiger partial charge in [0.05, 0.1) is 0 Å². The van der Waals surface area contributed by atoms with E-state index in [-0.39, 0.29) is 5.60 Å². The molecule has 110 valence electrons. The number of hydrogen-bond donors (Lipinski definition) is 0. The Morgan fingerprint density at radius 1 is 1.20 bits per heavy atom. The molecule has 1 aromatic rings. The van der Waals surface area contributed by atoms with Crippen LogP contribution in [0.5, 0.6) is 5.75 Å². The van der Waals surface area contributed by atoms with E-state index in [9.17, 15) is 0 Å². The summed E-state index contributed by atoms with van der Waals surface area (Å²) in [5, 5.41) is 0. The van der Waals surface area contributed by atoms with Gasteiger partial charge in [0.15, 0.2) is 0 Å². The summed E-state index contributed by atoms with van der Waals surface area (Å²) >= 11 is 2.96. The Morgan fingerprint density at radius 3 is 2.40 bits per heavy atom. The molecule has 0 bridgehead atoms. The fraction of sp³-hybridized carbons (Fsp3) is 0.467. The van der Waals surface area contributed by atoms with Gasteiger partial charge in [-0.3, -0.25) is 0 Å². The van der Waals surface area contributed by atoms with Gasteiger partial charge in [-0.2, -0.15) is 0 Å². The Kier molecular flexibility index (Phi) is 4.28. The second kappa shape index (κ2) is 5.71. The summed E-state index contributed by atoms with van der Waals surface area (Å²) in [4.78, 5) is 0. The molecular weight excluding hydrogens is 411 g/mol. The van der Waals surface area contributed by atoms with Crippen molar-refractivity contribution in [2.24, 2.45) is 0 Å². The standard InChI is InChI=1S/C15H18Cl2O2Te/c1-18-12-5-7-13(8-6-12)20(17)14(11-16)15(19-20)9-3-2-4-10-15/h5-8,11H,2-4,9-10H2,1H3/b14-11-. The number of benzene rings is 1. The summed E-state index contributed by atoms with van der Waals surface area (Å²) in [6.45, 7) is 0. The van der Waals surface area contributed by atoms with E-state index in [0.29, 0.717) is 0 Å². The Hall–Kier alpha value is 0.0896. The molecule has 1 unspecified atom stereocenters. The van der Waals surface area contributed by atoms with Gasteiger partial charge in [0.25, 0.3) is 0 Å². The van der Waals surface area contributed by atoms with Crippen molar-refractivity contribution in [3.63, 3.8) is 0 Å². The second-order valence-corrected chi connectivity index (χ2v) is 14.3. The van der Waals surface area contributed by atoms with Crippen LogP contribution in [0, 0.1) is 0 Å². The van der Waals surface area contributed by atoms with Crippen molar-refractivity contribution >= 4 is 41.6 Å². The van der Waals surface area contributed by atoms with Crippen LogP contribution >= 0.6 is 20.6 Å². The van der Waals surface area contributed by atoms with Gasteiger partial charge < -0.3 is 0 Å². The monoisotopic (exact) mass is 430 g/mol. The Labute approximate surface area is 133 Å². The van der Waals surface area contributed by atoms with Crippen LogP contribution in [-0.4, -0.2) is 30.2 Å². The summed E-state index contributed by atoms with van der Waals surface area (Å²) in [7, 11) is 8.55. The summed E-state index contributed by atoms with van der Waals surface area (Å²) in [5.74, 6) is 0.833. The van der Waals surface area contributed by atoms with E-state index in [1.54, 1.807) is 12.6 Å². The fourth-order valence-corrected chi connectivity index (χ4v) is 13.8.